The Bertz CT molecular complexity index is 1470. The molecule has 1 amide bonds. The molecule has 1 saturated carbocycles. The van der Waals surface area contributed by atoms with Crippen molar-refractivity contribution in [1.82, 2.24) is 29.5 Å². The van der Waals surface area contributed by atoms with E-state index in [0.29, 0.717) is 23.6 Å². The van der Waals surface area contributed by atoms with Crippen molar-refractivity contribution in [1.29, 1.82) is 0 Å². The number of nitrogens with zero attached hydrogens (tertiary/aromatic N) is 5. The van der Waals surface area contributed by atoms with Gasteiger partial charge in [0.25, 0.3) is 5.91 Å². The molecule has 9 nitrogen and oxygen atoms in total. The van der Waals surface area contributed by atoms with Crippen LogP contribution in [0.4, 0.5) is 5.82 Å². The minimum absolute atomic E-state index is 0.146. The number of anilines is 1. The number of aromatic amines is 1. The van der Waals surface area contributed by atoms with Crippen LogP contribution < -0.4 is 5.73 Å². The van der Waals surface area contributed by atoms with Gasteiger partial charge in [0.15, 0.2) is 5.65 Å². The fraction of sp³-hybridized carbons (Fsp3) is 0.517. The standard InChI is InChI=1S/C29H35N7O2/c1-4-19-25(16-11-17-5-6-18(12-16)35(17)29(38)15(3)37)34-28-22(13-33-36(28)26(19)30)20-7-8-21(24-14(2)23(20)24)27-31-9-10-32-27/h7-10,13-18,23-24,37H,4-6,11-12,30H2,1-3H3,(H,31,32). The summed E-state index contributed by atoms with van der Waals surface area (Å²) >= 11 is 0. The van der Waals surface area contributed by atoms with Crippen molar-refractivity contribution >= 4 is 28.5 Å². The lowest BCUT2D eigenvalue weighted by molar-refractivity contribution is -0.144. The fourth-order valence-corrected chi connectivity index (χ4v) is 7.69. The number of carbonyl (C=O) groups excluding carboxylic acids is 1. The lowest BCUT2D eigenvalue weighted by Crippen LogP contribution is -2.49. The summed E-state index contributed by atoms with van der Waals surface area (Å²) < 4.78 is 1.81. The molecule has 2 saturated heterocycles. The van der Waals surface area contributed by atoms with Crippen LogP contribution in [0, 0.1) is 17.8 Å². The Labute approximate surface area is 221 Å². The number of aromatic nitrogens is 5. The Morgan fingerprint density at radius 3 is 2.58 bits per heavy atom. The molecule has 38 heavy (non-hydrogen) atoms. The zero-order chi connectivity index (χ0) is 26.3. The molecular formula is C29H35N7O2. The number of hydrogen-bond acceptors (Lipinski definition) is 6. The van der Waals surface area contributed by atoms with Crippen molar-refractivity contribution in [3.05, 3.63) is 53.4 Å². The monoisotopic (exact) mass is 513 g/mol. The quantitative estimate of drug-likeness (QED) is 0.479. The molecule has 5 heterocycles. The molecule has 3 fully saturated rings. The van der Waals surface area contributed by atoms with E-state index >= 15 is 0 Å². The second kappa shape index (κ2) is 8.53. The van der Waals surface area contributed by atoms with E-state index in [9.17, 15) is 9.90 Å². The molecule has 2 bridgehead atoms. The Balaban J connectivity index is 1.28. The van der Waals surface area contributed by atoms with E-state index in [0.717, 1.165) is 60.4 Å². The lowest BCUT2D eigenvalue weighted by atomic mass is 9.85. The second-order valence-corrected chi connectivity index (χ2v) is 11.6. The number of nitrogens with two attached hydrogens (primary N) is 1. The number of carbonyl (C=O) groups is 1. The third-order valence-corrected chi connectivity index (χ3v) is 9.52. The summed E-state index contributed by atoms with van der Waals surface area (Å²) in [6.07, 6.45) is 13.5. The molecule has 9 heteroatoms. The van der Waals surface area contributed by atoms with Crippen LogP contribution >= 0.6 is 0 Å². The summed E-state index contributed by atoms with van der Waals surface area (Å²) in [6, 6.07) is 0.293. The van der Waals surface area contributed by atoms with E-state index in [4.69, 9.17) is 15.8 Å². The molecule has 2 aliphatic carbocycles. The predicted octanol–water partition coefficient (Wildman–Crippen LogP) is 3.58. The summed E-state index contributed by atoms with van der Waals surface area (Å²) in [5.41, 5.74) is 13.3. The van der Waals surface area contributed by atoms with Crippen molar-refractivity contribution in [2.75, 3.05) is 5.73 Å². The van der Waals surface area contributed by atoms with Gasteiger partial charge in [0.1, 0.15) is 17.7 Å². The van der Waals surface area contributed by atoms with E-state index in [2.05, 4.69) is 36.0 Å². The highest BCUT2D eigenvalue weighted by Gasteiger charge is 2.53. The number of aliphatic hydroxyl groups is 1. The highest BCUT2D eigenvalue weighted by molar-refractivity contribution is 5.88. The topological polar surface area (TPSA) is 125 Å². The molecule has 198 valence electrons. The number of fused-ring (bicyclic) bond motifs is 4. The van der Waals surface area contributed by atoms with Gasteiger partial charge in [-0.3, -0.25) is 4.79 Å². The van der Waals surface area contributed by atoms with Gasteiger partial charge in [-0.15, -0.1) is 0 Å². The summed E-state index contributed by atoms with van der Waals surface area (Å²) in [5.74, 6) is 3.07. The van der Waals surface area contributed by atoms with Crippen LogP contribution in [0.3, 0.4) is 0 Å². The molecule has 6 unspecified atom stereocenters. The normalized spacial score (nSPS) is 30.7. The molecule has 7 rings (SSSR count). The van der Waals surface area contributed by atoms with Crippen LogP contribution in [-0.4, -0.2) is 58.7 Å². The van der Waals surface area contributed by atoms with Gasteiger partial charge in [-0.2, -0.15) is 9.61 Å². The number of allylic oxidation sites excluding steroid dienone is 4. The largest absolute Gasteiger partial charge is 0.384 e. The molecular weight excluding hydrogens is 478 g/mol. The molecule has 0 spiro atoms. The van der Waals surface area contributed by atoms with Crippen LogP contribution in [0.2, 0.25) is 0 Å². The summed E-state index contributed by atoms with van der Waals surface area (Å²) in [5, 5.41) is 14.7. The van der Waals surface area contributed by atoms with Crippen LogP contribution in [0.5, 0.6) is 0 Å². The first kappa shape index (κ1) is 23.6. The Hall–Kier alpha value is -3.46. The van der Waals surface area contributed by atoms with Crippen LogP contribution in [0.1, 0.15) is 75.0 Å². The van der Waals surface area contributed by atoms with Gasteiger partial charge in [0.2, 0.25) is 0 Å². The van der Waals surface area contributed by atoms with Crippen molar-refractivity contribution in [3.8, 4) is 0 Å². The number of hydrogen-bond donors (Lipinski definition) is 3. The Morgan fingerprint density at radius 1 is 1.21 bits per heavy atom. The number of nitrogen functional groups attached to an aromatic ring is 1. The average Bonchev–Trinajstić information content (AvgIpc) is 3.31. The van der Waals surface area contributed by atoms with Crippen LogP contribution in [0.25, 0.3) is 16.8 Å². The van der Waals surface area contributed by atoms with Crippen molar-refractivity contribution in [3.63, 3.8) is 0 Å². The van der Waals surface area contributed by atoms with E-state index in [1.54, 1.807) is 13.1 Å². The third kappa shape index (κ3) is 3.33. The van der Waals surface area contributed by atoms with Gasteiger partial charge in [-0.05, 0) is 67.9 Å². The summed E-state index contributed by atoms with van der Waals surface area (Å²) in [7, 11) is 0. The first-order valence-corrected chi connectivity index (χ1v) is 14.0. The predicted molar refractivity (Wildman–Crippen MR) is 145 cm³/mol. The van der Waals surface area contributed by atoms with E-state index in [1.807, 2.05) is 21.8 Å². The molecule has 4 N–H and O–H groups in total. The third-order valence-electron chi connectivity index (χ3n) is 9.52. The van der Waals surface area contributed by atoms with E-state index < -0.39 is 6.10 Å². The maximum absolute atomic E-state index is 12.7. The summed E-state index contributed by atoms with van der Waals surface area (Å²) in [6.45, 7) is 5.99. The number of aliphatic hydroxyl groups excluding tert-OH is 1. The molecule has 3 aromatic heterocycles. The number of amides is 1. The zero-order valence-corrected chi connectivity index (χ0v) is 22.1. The smallest absolute Gasteiger partial charge is 0.251 e. The zero-order valence-electron chi connectivity index (χ0n) is 22.1. The molecule has 4 aliphatic rings. The van der Waals surface area contributed by atoms with E-state index in [-0.39, 0.29) is 23.9 Å². The fourth-order valence-electron chi connectivity index (χ4n) is 7.69. The van der Waals surface area contributed by atoms with Crippen molar-refractivity contribution in [2.45, 2.75) is 77.0 Å². The first-order chi connectivity index (χ1) is 18.4. The van der Waals surface area contributed by atoms with Gasteiger partial charge in [0.05, 0.1) is 11.9 Å². The van der Waals surface area contributed by atoms with Gasteiger partial charge >= 0.3 is 0 Å². The number of imidazole rings is 1. The van der Waals surface area contributed by atoms with Gasteiger partial charge < -0.3 is 20.7 Å². The minimum atomic E-state index is -0.958. The van der Waals surface area contributed by atoms with Gasteiger partial charge in [-0.25, -0.2) is 9.97 Å². The van der Waals surface area contributed by atoms with Crippen LogP contribution in [0.15, 0.2) is 30.7 Å². The Kier molecular flexibility index (Phi) is 5.30. The average molecular weight is 514 g/mol. The highest BCUT2D eigenvalue weighted by Crippen LogP contribution is 2.61. The molecule has 3 aromatic rings. The second-order valence-electron chi connectivity index (χ2n) is 11.6. The number of nitrogens with one attached hydrogen (secondary N) is 1. The number of rotatable bonds is 5. The van der Waals surface area contributed by atoms with E-state index in [1.165, 1.54) is 11.1 Å². The highest BCUT2D eigenvalue weighted by atomic mass is 16.3. The Morgan fingerprint density at radius 2 is 1.92 bits per heavy atom. The van der Waals surface area contributed by atoms with Crippen molar-refractivity contribution in [2.24, 2.45) is 17.8 Å². The maximum Gasteiger partial charge on any atom is 0.251 e. The van der Waals surface area contributed by atoms with Gasteiger partial charge in [0, 0.05) is 41.5 Å². The maximum atomic E-state index is 12.7. The van der Waals surface area contributed by atoms with Crippen molar-refractivity contribution < 1.29 is 9.90 Å². The molecule has 6 atom stereocenters. The van der Waals surface area contributed by atoms with Crippen LogP contribution in [-0.2, 0) is 11.2 Å². The van der Waals surface area contributed by atoms with Gasteiger partial charge in [-0.1, -0.05) is 26.0 Å². The molecule has 0 aromatic carbocycles. The number of H-pyrrole nitrogens is 1. The lowest BCUT2D eigenvalue weighted by Gasteiger charge is -2.40. The number of piperidine rings is 1. The molecule has 0 radical (unpaired) electrons. The first-order valence-electron chi connectivity index (χ1n) is 14.0. The molecule has 2 aliphatic heterocycles. The SMILES string of the molecule is CCc1c(C2CC3CCC(C2)N3C(=O)C(C)O)nc2c(C3=CC=C(c4ncc[nH]4)C4C(C)C34)cnn2c1N. The summed E-state index contributed by atoms with van der Waals surface area (Å²) in [4.78, 5) is 27.7. The minimum Gasteiger partial charge on any atom is -0.384 e.